The molecule has 0 amide bonds. The summed E-state index contributed by atoms with van der Waals surface area (Å²) in [4.78, 5) is 10.7. The quantitative estimate of drug-likeness (QED) is 0.637. The Morgan fingerprint density at radius 2 is 2.11 bits per heavy atom. The van der Waals surface area contributed by atoms with Gasteiger partial charge in [-0.3, -0.25) is 10.1 Å². The summed E-state index contributed by atoms with van der Waals surface area (Å²) in [5, 5.41) is 14.3. The Morgan fingerprint density at radius 3 is 2.78 bits per heavy atom. The Bertz CT molecular complexity index is 448. The lowest BCUT2D eigenvalue weighted by Gasteiger charge is -2.30. The number of benzene rings is 1. The van der Waals surface area contributed by atoms with E-state index in [2.05, 4.69) is 5.32 Å². The molecule has 5 nitrogen and oxygen atoms in total. The number of anilines is 1. The first kappa shape index (κ1) is 12.8. The maximum absolute atomic E-state index is 11.0. The lowest BCUT2D eigenvalue weighted by Crippen LogP contribution is -2.42. The molecule has 98 valence electrons. The molecule has 1 aromatic rings. The minimum absolute atomic E-state index is 0.0814. The van der Waals surface area contributed by atoms with Crippen molar-refractivity contribution in [2.24, 2.45) is 5.73 Å². The minimum Gasteiger partial charge on any atom is -0.375 e. The average Bonchev–Trinajstić information content (AvgIpc) is 2.34. The van der Waals surface area contributed by atoms with E-state index >= 15 is 0 Å². The Labute approximate surface area is 107 Å². The number of para-hydroxylation sites is 1. The van der Waals surface area contributed by atoms with Crippen LogP contribution >= 0.6 is 0 Å². The van der Waals surface area contributed by atoms with Gasteiger partial charge in [0.15, 0.2) is 0 Å². The Hall–Kier alpha value is -1.62. The van der Waals surface area contributed by atoms with Crippen molar-refractivity contribution in [3.05, 3.63) is 33.9 Å². The van der Waals surface area contributed by atoms with Crippen molar-refractivity contribution in [1.82, 2.24) is 0 Å². The van der Waals surface area contributed by atoms with Gasteiger partial charge in [0.1, 0.15) is 5.69 Å². The van der Waals surface area contributed by atoms with E-state index in [0.29, 0.717) is 5.69 Å². The summed E-state index contributed by atoms with van der Waals surface area (Å²) >= 11 is 0. The molecule has 0 aliphatic heterocycles. The van der Waals surface area contributed by atoms with Crippen LogP contribution in [0, 0.1) is 17.0 Å². The smallest absolute Gasteiger partial charge is 0.292 e. The van der Waals surface area contributed by atoms with Crippen molar-refractivity contribution in [2.75, 3.05) is 5.32 Å². The number of nitro groups is 1. The molecule has 0 heterocycles. The van der Waals surface area contributed by atoms with Crippen LogP contribution in [0.2, 0.25) is 0 Å². The number of nitrogens with two attached hydrogens (primary N) is 1. The van der Waals surface area contributed by atoms with Crippen LogP contribution in [-0.4, -0.2) is 17.0 Å². The lowest BCUT2D eigenvalue weighted by atomic mass is 9.90. The van der Waals surface area contributed by atoms with Crippen LogP contribution in [0.1, 0.15) is 31.2 Å². The molecule has 2 unspecified atom stereocenters. The molecule has 0 aromatic heterocycles. The second-order valence-corrected chi connectivity index (χ2v) is 4.93. The fourth-order valence-electron chi connectivity index (χ4n) is 2.52. The second kappa shape index (κ2) is 5.35. The highest BCUT2D eigenvalue weighted by atomic mass is 16.6. The standard InChI is InChI=1S/C13H19N3O2/c1-9-5-4-8-12(16(17)18)13(9)15-11-7-3-2-6-10(11)14/h4-5,8,10-11,15H,2-3,6-7,14H2,1H3. The van der Waals surface area contributed by atoms with Gasteiger partial charge in [-0.25, -0.2) is 0 Å². The second-order valence-electron chi connectivity index (χ2n) is 4.93. The number of aryl methyl sites for hydroxylation is 1. The molecule has 1 aliphatic carbocycles. The van der Waals surface area contributed by atoms with E-state index < -0.39 is 0 Å². The van der Waals surface area contributed by atoms with Crippen LogP contribution in [0.25, 0.3) is 0 Å². The topological polar surface area (TPSA) is 81.2 Å². The minimum atomic E-state index is -0.344. The van der Waals surface area contributed by atoms with E-state index in [1.165, 1.54) is 6.07 Å². The number of hydrogen-bond donors (Lipinski definition) is 2. The first-order chi connectivity index (χ1) is 8.59. The SMILES string of the molecule is Cc1cccc([N+](=O)[O-])c1NC1CCCCC1N. The summed E-state index contributed by atoms with van der Waals surface area (Å²) in [5.41, 5.74) is 7.71. The number of hydrogen-bond acceptors (Lipinski definition) is 4. The maximum atomic E-state index is 11.0. The van der Waals surface area contributed by atoms with E-state index in [9.17, 15) is 10.1 Å². The Morgan fingerprint density at radius 1 is 1.39 bits per heavy atom. The van der Waals surface area contributed by atoms with Crippen LogP contribution in [0.4, 0.5) is 11.4 Å². The van der Waals surface area contributed by atoms with Gasteiger partial charge in [-0.1, -0.05) is 25.0 Å². The summed E-state index contributed by atoms with van der Waals surface area (Å²) < 4.78 is 0. The van der Waals surface area contributed by atoms with Gasteiger partial charge < -0.3 is 11.1 Å². The summed E-state index contributed by atoms with van der Waals surface area (Å²) in [6.45, 7) is 1.88. The predicted octanol–water partition coefficient (Wildman–Crippen LogP) is 2.59. The van der Waals surface area contributed by atoms with Crippen LogP contribution in [0.5, 0.6) is 0 Å². The fraction of sp³-hybridized carbons (Fsp3) is 0.538. The van der Waals surface area contributed by atoms with Crippen molar-refractivity contribution < 1.29 is 4.92 Å². The Balaban J connectivity index is 2.24. The fourth-order valence-corrected chi connectivity index (χ4v) is 2.52. The Kier molecular flexibility index (Phi) is 3.81. The maximum Gasteiger partial charge on any atom is 0.292 e. The first-order valence-corrected chi connectivity index (χ1v) is 6.35. The molecule has 1 aromatic carbocycles. The number of nitrogens with one attached hydrogen (secondary N) is 1. The lowest BCUT2D eigenvalue weighted by molar-refractivity contribution is -0.384. The van der Waals surface area contributed by atoms with Crippen molar-refractivity contribution in [3.63, 3.8) is 0 Å². The van der Waals surface area contributed by atoms with E-state index in [1.807, 2.05) is 13.0 Å². The third kappa shape index (κ3) is 2.61. The van der Waals surface area contributed by atoms with Crippen LogP contribution in [-0.2, 0) is 0 Å². The van der Waals surface area contributed by atoms with Gasteiger partial charge in [0.2, 0.25) is 0 Å². The van der Waals surface area contributed by atoms with E-state index in [1.54, 1.807) is 6.07 Å². The third-order valence-electron chi connectivity index (χ3n) is 3.60. The largest absolute Gasteiger partial charge is 0.375 e. The van der Waals surface area contributed by atoms with Gasteiger partial charge in [0.25, 0.3) is 5.69 Å². The molecule has 1 aliphatic rings. The van der Waals surface area contributed by atoms with Crippen molar-refractivity contribution in [2.45, 2.75) is 44.7 Å². The first-order valence-electron chi connectivity index (χ1n) is 6.35. The van der Waals surface area contributed by atoms with E-state index in [-0.39, 0.29) is 22.7 Å². The van der Waals surface area contributed by atoms with Crippen LogP contribution in [0.3, 0.4) is 0 Å². The van der Waals surface area contributed by atoms with E-state index in [0.717, 1.165) is 31.2 Å². The highest BCUT2D eigenvalue weighted by Crippen LogP contribution is 2.30. The summed E-state index contributed by atoms with van der Waals surface area (Å²) in [7, 11) is 0. The molecule has 18 heavy (non-hydrogen) atoms. The molecule has 1 fully saturated rings. The van der Waals surface area contributed by atoms with Crippen LogP contribution in [0.15, 0.2) is 18.2 Å². The molecule has 2 atom stereocenters. The molecule has 0 saturated heterocycles. The normalized spacial score (nSPS) is 23.7. The number of rotatable bonds is 3. The zero-order valence-electron chi connectivity index (χ0n) is 10.6. The monoisotopic (exact) mass is 249 g/mol. The zero-order chi connectivity index (χ0) is 13.1. The highest BCUT2D eigenvalue weighted by molar-refractivity contribution is 5.66. The molecule has 1 saturated carbocycles. The molecular weight excluding hydrogens is 230 g/mol. The molecular formula is C13H19N3O2. The van der Waals surface area contributed by atoms with Crippen molar-refractivity contribution in [3.8, 4) is 0 Å². The van der Waals surface area contributed by atoms with Gasteiger partial charge in [-0.2, -0.15) is 0 Å². The molecule has 0 bridgehead atoms. The highest BCUT2D eigenvalue weighted by Gasteiger charge is 2.25. The number of nitro benzene ring substituents is 1. The van der Waals surface area contributed by atoms with Crippen LogP contribution < -0.4 is 11.1 Å². The molecule has 3 N–H and O–H groups in total. The molecule has 0 radical (unpaired) electrons. The summed E-state index contributed by atoms with van der Waals surface area (Å²) in [5.74, 6) is 0. The van der Waals surface area contributed by atoms with Gasteiger partial charge in [0, 0.05) is 18.2 Å². The third-order valence-corrected chi connectivity index (χ3v) is 3.60. The molecule has 0 spiro atoms. The van der Waals surface area contributed by atoms with Crippen molar-refractivity contribution >= 4 is 11.4 Å². The summed E-state index contributed by atoms with van der Waals surface area (Å²) in [6, 6.07) is 5.34. The van der Waals surface area contributed by atoms with Crippen molar-refractivity contribution in [1.29, 1.82) is 0 Å². The van der Waals surface area contributed by atoms with E-state index in [4.69, 9.17) is 5.73 Å². The zero-order valence-corrected chi connectivity index (χ0v) is 10.6. The van der Waals surface area contributed by atoms with Gasteiger partial charge in [-0.05, 0) is 25.3 Å². The molecule has 2 rings (SSSR count). The van der Waals surface area contributed by atoms with Gasteiger partial charge in [-0.15, -0.1) is 0 Å². The van der Waals surface area contributed by atoms with Gasteiger partial charge >= 0.3 is 0 Å². The molecule has 5 heteroatoms. The predicted molar refractivity (Wildman–Crippen MR) is 71.7 cm³/mol. The number of nitrogens with zero attached hydrogens (tertiary/aromatic N) is 1. The average molecular weight is 249 g/mol. The summed E-state index contributed by atoms with van der Waals surface area (Å²) in [6.07, 6.45) is 4.24. The van der Waals surface area contributed by atoms with Gasteiger partial charge in [0.05, 0.1) is 4.92 Å².